The number of carbonyl (C=O) groups is 1. The quantitative estimate of drug-likeness (QED) is 0.372. The summed E-state index contributed by atoms with van der Waals surface area (Å²) in [5.74, 6) is 0. The molecule has 0 aliphatic rings. The Morgan fingerprint density at radius 2 is 0.967 bits per heavy atom. The van der Waals surface area contributed by atoms with E-state index in [1.807, 2.05) is 0 Å². The number of carboxylic acid groups (broad SMARTS) is 1. The molecule has 0 aliphatic carbocycles. The van der Waals surface area contributed by atoms with Crippen LogP contribution >= 0.6 is 15.8 Å². The number of nitrogens with zero attached hydrogens (tertiary/aromatic N) is 1. The van der Waals surface area contributed by atoms with Crippen molar-refractivity contribution in [3.05, 3.63) is 29.6 Å². The predicted molar refractivity (Wildman–Crippen MR) is 133 cm³/mol. The van der Waals surface area contributed by atoms with Gasteiger partial charge in [0.2, 0.25) is 0 Å². The zero-order valence-corrected chi connectivity index (χ0v) is 24.4. The Balaban J connectivity index is 0. The summed E-state index contributed by atoms with van der Waals surface area (Å²) in [6.07, 6.45) is 2.33. The van der Waals surface area contributed by atoms with Crippen LogP contribution in [0.15, 0.2) is 18.2 Å². The molecule has 0 spiro atoms. The van der Waals surface area contributed by atoms with E-state index in [9.17, 15) is 0 Å². The summed E-state index contributed by atoms with van der Waals surface area (Å²) in [7, 11) is -1.17. The Labute approximate surface area is 199 Å². The number of aromatic nitrogens is 1. The van der Waals surface area contributed by atoms with Crippen LogP contribution in [0.25, 0.3) is 0 Å². The van der Waals surface area contributed by atoms with Gasteiger partial charge < -0.3 is 9.90 Å². The standard InChI is InChI=1S/C23H43NP2.CH2O2.Co/c1-20(2,3)25(21(4,5)6)16-18-14-13-15-19(24-18)17-26(22(7,8)9)23(10,11)12;2-1-3;/h13-15H,16-17H2,1-12H3;1H,(H,2,3);/p+1. The minimum absolute atomic E-state index is 0. The molecule has 0 amide bonds. The molecule has 3 nitrogen and oxygen atoms in total. The average molecular weight is 502 g/mol. The Morgan fingerprint density at radius 3 is 1.17 bits per heavy atom. The molecule has 6 heteroatoms. The maximum absolute atomic E-state index is 8.25. The molecule has 1 aromatic rings. The zero-order valence-electron chi connectivity index (χ0n) is 21.3. The summed E-state index contributed by atoms with van der Waals surface area (Å²) in [6, 6.07) is 6.76. The number of rotatable bonds is 4. The van der Waals surface area contributed by atoms with Crippen LogP contribution in [-0.2, 0) is 33.9 Å². The fourth-order valence-electron chi connectivity index (χ4n) is 4.40. The number of hydrogen-bond donors (Lipinski definition) is 0. The number of carbonyl (C=O) groups excluding carboxylic acids is 1. The molecule has 0 fully saturated rings. The van der Waals surface area contributed by atoms with Crippen molar-refractivity contribution in [2.24, 2.45) is 0 Å². The van der Waals surface area contributed by atoms with E-state index in [0.29, 0.717) is 20.6 Å². The van der Waals surface area contributed by atoms with Crippen molar-refractivity contribution in [1.82, 2.24) is 4.98 Å². The van der Waals surface area contributed by atoms with Crippen LogP contribution in [0.3, 0.4) is 0 Å². The third-order valence-corrected chi connectivity index (χ3v) is 13.9. The minimum Gasteiger partial charge on any atom is -0.554 e. The van der Waals surface area contributed by atoms with Crippen LogP contribution in [0.4, 0.5) is 0 Å². The minimum atomic E-state index is -0.583. The predicted octanol–water partition coefficient (Wildman–Crippen LogP) is 6.07. The fraction of sp³-hybridized carbons (Fsp3) is 0.750. The molecule has 0 saturated heterocycles. The number of hydrogen-bond acceptors (Lipinski definition) is 3. The van der Waals surface area contributed by atoms with Crippen LogP contribution < -0.4 is 5.11 Å². The second-order valence-electron chi connectivity index (χ2n) is 12.0. The van der Waals surface area contributed by atoms with Crippen LogP contribution in [0.2, 0.25) is 0 Å². The van der Waals surface area contributed by atoms with E-state index in [0.717, 1.165) is 0 Å². The Kier molecular flexibility index (Phi) is 13.2. The van der Waals surface area contributed by atoms with Crippen molar-refractivity contribution in [2.75, 3.05) is 0 Å². The van der Waals surface area contributed by atoms with E-state index in [-0.39, 0.29) is 16.8 Å². The molecule has 0 atom stereocenters. The largest absolute Gasteiger partial charge is 0.554 e. The summed E-state index contributed by atoms with van der Waals surface area (Å²) in [4.78, 5) is 13.4. The average Bonchev–Trinajstić information content (AvgIpc) is 2.47. The molecule has 0 aromatic carbocycles. The Hall–Kier alpha value is -0.0135. The summed E-state index contributed by atoms with van der Waals surface area (Å²) in [6.45, 7) is 28.5. The van der Waals surface area contributed by atoms with Gasteiger partial charge in [0, 0.05) is 39.1 Å². The van der Waals surface area contributed by atoms with Crippen molar-refractivity contribution in [2.45, 2.75) is 116 Å². The van der Waals surface area contributed by atoms with Gasteiger partial charge in [0.25, 0.3) is 0 Å². The normalized spacial score (nSPS) is 12.9. The molecule has 1 aromatic heterocycles. The van der Waals surface area contributed by atoms with Gasteiger partial charge in [-0.05, 0) is 95.2 Å². The summed E-state index contributed by atoms with van der Waals surface area (Å²) < 4.78 is 0. The van der Waals surface area contributed by atoms with Crippen molar-refractivity contribution >= 4 is 22.3 Å². The molecule has 0 N–H and O–H groups in total. The van der Waals surface area contributed by atoms with Crippen molar-refractivity contribution in [3.63, 3.8) is 0 Å². The molecule has 1 rings (SSSR count). The first-order valence-electron chi connectivity index (χ1n) is 10.6. The molecule has 1 radical (unpaired) electrons. The van der Waals surface area contributed by atoms with Gasteiger partial charge in [0.1, 0.15) is 0 Å². The third kappa shape index (κ3) is 11.6. The summed E-state index contributed by atoms with van der Waals surface area (Å²) in [5.41, 5.74) is 2.62. The molecule has 0 saturated carbocycles. The Morgan fingerprint density at radius 1 is 0.733 bits per heavy atom. The molecule has 1 heterocycles. The molecular weight excluding hydrogens is 455 g/mol. The van der Waals surface area contributed by atoms with E-state index in [2.05, 4.69) is 101 Å². The van der Waals surface area contributed by atoms with E-state index < -0.39 is 22.3 Å². The maximum atomic E-state index is 8.25. The van der Waals surface area contributed by atoms with Gasteiger partial charge in [-0.1, -0.05) is 6.07 Å². The van der Waals surface area contributed by atoms with Crippen LogP contribution in [-0.4, -0.2) is 32.1 Å². The van der Waals surface area contributed by atoms with Crippen LogP contribution in [0, 0.1) is 0 Å². The SMILES string of the molecule is CC(C)(C)[PH+](Cc1cccc(C[PH+](C(C)(C)C)C(C)(C)C)n1)C(C)(C)C.O=C[O-].[Co]. The van der Waals surface area contributed by atoms with Crippen molar-refractivity contribution in [1.29, 1.82) is 0 Å². The molecule has 0 aliphatic heterocycles. The first-order chi connectivity index (χ1) is 12.8. The van der Waals surface area contributed by atoms with E-state index in [4.69, 9.17) is 14.9 Å². The van der Waals surface area contributed by atoms with Gasteiger partial charge in [-0.25, -0.2) is 0 Å². The number of pyridine rings is 1. The molecular formula is C24H46CoNO2P2+. The van der Waals surface area contributed by atoms with E-state index in [1.165, 1.54) is 23.7 Å². The van der Waals surface area contributed by atoms with Gasteiger partial charge in [-0.2, -0.15) is 0 Å². The second-order valence-corrected chi connectivity index (χ2v) is 20.6. The van der Waals surface area contributed by atoms with Crippen molar-refractivity contribution in [3.8, 4) is 0 Å². The third-order valence-electron chi connectivity index (χ3n) is 5.20. The molecule has 0 bridgehead atoms. The Bertz CT molecular complexity index is 561. The molecule has 177 valence electrons. The maximum Gasteiger partial charge on any atom is 0.1000 e. The smallest absolute Gasteiger partial charge is 0.1000 e. The summed E-state index contributed by atoms with van der Waals surface area (Å²) in [5, 5.41) is 9.78. The monoisotopic (exact) mass is 501 g/mol. The van der Waals surface area contributed by atoms with Crippen molar-refractivity contribution < 1.29 is 26.7 Å². The summed E-state index contributed by atoms with van der Waals surface area (Å²) >= 11 is 0. The van der Waals surface area contributed by atoms with Gasteiger partial charge in [-0.3, -0.25) is 4.98 Å². The second kappa shape index (κ2) is 12.3. The zero-order chi connectivity index (χ0) is 23.3. The van der Waals surface area contributed by atoms with Gasteiger partial charge in [0.05, 0.1) is 44.3 Å². The first-order valence-corrected chi connectivity index (χ1v) is 14.0. The van der Waals surface area contributed by atoms with Gasteiger partial charge in [0.15, 0.2) is 0 Å². The fourth-order valence-corrected chi connectivity index (χ4v) is 12.1. The molecule has 30 heavy (non-hydrogen) atoms. The van der Waals surface area contributed by atoms with Gasteiger partial charge >= 0.3 is 0 Å². The van der Waals surface area contributed by atoms with Gasteiger partial charge in [-0.15, -0.1) is 0 Å². The molecule has 0 unspecified atom stereocenters. The first kappa shape index (κ1) is 32.2. The topological polar surface area (TPSA) is 53.0 Å². The van der Waals surface area contributed by atoms with E-state index >= 15 is 0 Å². The van der Waals surface area contributed by atoms with Crippen LogP contribution in [0.5, 0.6) is 0 Å². The van der Waals surface area contributed by atoms with E-state index in [1.54, 1.807) is 0 Å². The van der Waals surface area contributed by atoms with Crippen LogP contribution in [0.1, 0.15) is 94.5 Å².